The molecule has 0 bridgehead atoms. The van der Waals surface area contributed by atoms with E-state index in [-0.39, 0.29) is 11.4 Å². The summed E-state index contributed by atoms with van der Waals surface area (Å²) in [5.74, 6) is 1.97. The van der Waals surface area contributed by atoms with Crippen LogP contribution < -0.4 is 14.8 Å². The number of hydrogen-bond acceptors (Lipinski definition) is 3. The standard InChI is InChI=1S/C28H42N2O3/c1-8-22-9-12-24(13-10-22)29-27(31)30(17-15-21(2)20-28(3,4)5)18-16-23-11-14-25(32-6)26(19-23)33-7/h9-14,19,21H,8,15-18,20H2,1-7H3,(H,29,31). The number of methoxy groups -OCH3 is 2. The summed E-state index contributed by atoms with van der Waals surface area (Å²) in [5.41, 5.74) is 3.48. The van der Waals surface area contributed by atoms with Crippen molar-refractivity contribution in [1.82, 2.24) is 4.90 Å². The van der Waals surface area contributed by atoms with Gasteiger partial charge < -0.3 is 19.7 Å². The topological polar surface area (TPSA) is 50.8 Å². The van der Waals surface area contributed by atoms with E-state index in [2.05, 4.69) is 52.1 Å². The highest BCUT2D eigenvalue weighted by molar-refractivity contribution is 5.89. The average molecular weight is 455 g/mol. The lowest BCUT2D eigenvalue weighted by Crippen LogP contribution is -2.38. The fourth-order valence-corrected chi connectivity index (χ4v) is 4.17. The van der Waals surface area contributed by atoms with Gasteiger partial charge in [-0.1, -0.05) is 52.8 Å². The van der Waals surface area contributed by atoms with Crippen molar-refractivity contribution < 1.29 is 14.3 Å². The molecule has 182 valence electrons. The van der Waals surface area contributed by atoms with Gasteiger partial charge >= 0.3 is 6.03 Å². The molecule has 0 fully saturated rings. The zero-order valence-corrected chi connectivity index (χ0v) is 21.5. The lowest BCUT2D eigenvalue weighted by Gasteiger charge is -2.27. The van der Waals surface area contributed by atoms with Crippen LogP contribution in [0.4, 0.5) is 10.5 Å². The fourth-order valence-electron chi connectivity index (χ4n) is 4.17. The third-order valence-corrected chi connectivity index (χ3v) is 5.87. The van der Waals surface area contributed by atoms with Crippen LogP contribution in [0, 0.1) is 11.3 Å². The summed E-state index contributed by atoms with van der Waals surface area (Å²) in [6.45, 7) is 12.6. The number of anilines is 1. The van der Waals surface area contributed by atoms with Gasteiger partial charge in [0.2, 0.25) is 0 Å². The molecule has 1 unspecified atom stereocenters. The summed E-state index contributed by atoms with van der Waals surface area (Å²) < 4.78 is 10.8. The smallest absolute Gasteiger partial charge is 0.321 e. The van der Waals surface area contributed by atoms with Crippen molar-refractivity contribution in [3.63, 3.8) is 0 Å². The Kier molecular flexibility index (Phi) is 10.1. The van der Waals surface area contributed by atoms with Gasteiger partial charge in [-0.05, 0) is 72.4 Å². The molecule has 2 amide bonds. The molecular weight excluding hydrogens is 412 g/mol. The molecule has 2 aromatic carbocycles. The molecule has 2 aromatic rings. The van der Waals surface area contributed by atoms with E-state index in [9.17, 15) is 4.79 Å². The quantitative estimate of drug-likeness (QED) is 0.406. The Morgan fingerprint density at radius 3 is 2.18 bits per heavy atom. The molecule has 0 heterocycles. The zero-order chi connectivity index (χ0) is 24.4. The van der Waals surface area contributed by atoms with Gasteiger partial charge in [0, 0.05) is 18.8 Å². The second-order valence-electron chi connectivity index (χ2n) is 10.1. The summed E-state index contributed by atoms with van der Waals surface area (Å²) >= 11 is 0. The molecular formula is C28H42N2O3. The minimum atomic E-state index is -0.0531. The molecule has 0 aromatic heterocycles. The van der Waals surface area contributed by atoms with Gasteiger partial charge in [-0.3, -0.25) is 0 Å². The first-order valence-corrected chi connectivity index (χ1v) is 12.0. The number of nitrogens with zero attached hydrogens (tertiary/aromatic N) is 1. The van der Waals surface area contributed by atoms with Crippen LogP contribution in [0.2, 0.25) is 0 Å². The normalized spacial score (nSPS) is 12.2. The number of ether oxygens (including phenoxy) is 2. The number of carbonyl (C=O) groups excluding carboxylic acids is 1. The lowest BCUT2D eigenvalue weighted by molar-refractivity contribution is 0.203. The van der Waals surface area contributed by atoms with Gasteiger partial charge in [-0.15, -0.1) is 0 Å². The minimum absolute atomic E-state index is 0.0531. The predicted molar refractivity (Wildman–Crippen MR) is 138 cm³/mol. The van der Waals surface area contributed by atoms with Crippen molar-refractivity contribution in [2.24, 2.45) is 11.3 Å². The lowest BCUT2D eigenvalue weighted by atomic mass is 9.84. The van der Waals surface area contributed by atoms with Gasteiger partial charge in [0.15, 0.2) is 11.5 Å². The van der Waals surface area contributed by atoms with Crippen LogP contribution in [0.1, 0.15) is 58.6 Å². The first kappa shape index (κ1) is 26.6. The van der Waals surface area contributed by atoms with Crippen molar-refractivity contribution in [1.29, 1.82) is 0 Å². The highest BCUT2D eigenvalue weighted by atomic mass is 16.5. The van der Waals surface area contributed by atoms with Crippen LogP contribution in [0.15, 0.2) is 42.5 Å². The largest absolute Gasteiger partial charge is 0.493 e. The van der Waals surface area contributed by atoms with Crippen molar-refractivity contribution >= 4 is 11.7 Å². The molecule has 2 rings (SSSR count). The molecule has 33 heavy (non-hydrogen) atoms. The second kappa shape index (κ2) is 12.5. The van der Waals surface area contributed by atoms with E-state index in [1.807, 2.05) is 35.2 Å². The molecule has 0 aliphatic carbocycles. The third-order valence-electron chi connectivity index (χ3n) is 5.87. The molecule has 5 heteroatoms. The predicted octanol–water partition coefficient (Wildman–Crippen LogP) is 6.81. The first-order chi connectivity index (χ1) is 15.6. The minimum Gasteiger partial charge on any atom is -0.493 e. The Balaban J connectivity index is 2.09. The Hall–Kier alpha value is -2.69. The number of amides is 2. The van der Waals surface area contributed by atoms with E-state index in [1.54, 1.807) is 14.2 Å². The Labute approximate surface area is 200 Å². The van der Waals surface area contributed by atoms with E-state index in [0.29, 0.717) is 24.0 Å². The molecule has 1 atom stereocenters. The number of aryl methyl sites for hydroxylation is 1. The van der Waals surface area contributed by atoms with E-state index in [0.717, 1.165) is 43.5 Å². The first-order valence-electron chi connectivity index (χ1n) is 12.0. The highest BCUT2D eigenvalue weighted by Gasteiger charge is 2.19. The van der Waals surface area contributed by atoms with Crippen LogP contribution in [-0.2, 0) is 12.8 Å². The number of nitrogens with one attached hydrogen (secondary N) is 1. The fraction of sp³-hybridized carbons (Fsp3) is 0.536. The van der Waals surface area contributed by atoms with Crippen LogP contribution in [0.25, 0.3) is 0 Å². The van der Waals surface area contributed by atoms with Crippen LogP contribution >= 0.6 is 0 Å². The van der Waals surface area contributed by atoms with Gasteiger partial charge in [0.1, 0.15) is 0 Å². The van der Waals surface area contributed by atoms with Crippen molar-refractivity contribution in [3.05, 3.63) is 53.6 Å². The third kappa shape index (κ3) is 8.99. The highest BCUT2D eigenvalue weighted by Crippen LogP contribution is 2.28. The van der Waals surface area contributed by atoms with E-state index >= 15 is 0 Å². The number of rotatable bonds is 11. The number of urea groups is 1. The van der Waals surface area contributed by atoms with Crippen molar-refractivity contribution in [2.45, 2.75) is 60.3 Å². The molecule has 0 spiro atoms. The maximum Gasteiger partial charge on any atom is 0.321 e. The molecule has 0 aliphatic rings. The molecule has 0 saturated carbocycles. The maximum atomic E-state index is 13.2. The number of carbonyl (C=O) groups is 1. The van der Waals surface area contributed by atoms with Gasteiger partial charge in [0.25, 0.3) is 0 Å². The summed E-state index contributed by atoms with van der Waals surface area (Å²) in [5, 5.41) is 3.08. The summed E-state index contributed by atoms with van der Waals surface area (Å²) in [6.07, 6.45) is 3.84. The monoisotopic (exact) mass is 454 g/mol. The van der Waals surface area contributed by atoms with Crippen molar-refractivity contribution in [3.8, 4) is 11.5 Å². The molecule has 1 N–H and O–H groups in total. The van der Waals surface area contributed by atoms with E-state index in [4.69, 9.17) is 9.47 Å². The Morgan fingerprint density at radius 1 is 0.970 bits per heavy atom. The van der Waals surface area contributed by atoms with Crippen LogP contribution in [0.5, 0.6) is 11.5 Å². The molecule has 0 radical (unpaired) electrons. The molecule has 5 nitrogen and oxygen atoms in total. The summed E-state index contributed by atoms with van der Waals surface area (Å²) in [6, 6.07) is 14.0. The Morgan fingerprint density at radius 2 is 1.61 bits per heavy atom. The van der Waals surface area contributed by atoms with E-state index in [1.165, 1.54) is 5.56 Å². The SMILES string of the molecule is CCc1ccc(NC(=O)N(CCc2ccc(OC)c(OC)c2)CCC(C)CC(C)(C)C)cc1. The van der Waals surface area contributed by atoms with Gasteiger partial charge in [-0.25, -0.2) is 4.79 Å². The van der Waals surface area contributed by atoms with Crippen molar-refractivity contribution in [2.75, 3.05) is 32.6 Å². The van der Waals surface area contributed by atoms with Gasteiger partial charge in [-0.2, -0.15) is 0 Å². The van der Waals surface area contributed by atoms with Gasteiger partial charge in [0.05, 0.1) is 14.2 Å². The van der Waals surface area contributed by atoms with Crippen LogP contribution in [-0.4, -0.2) is 38.2 Å². The molecule has 0 saturated heterocycles. The average Bonchev–Trinajstić information content (AvgIpc) is 2.78. The summed E-state index contributed by atoms with van der Waals surface area (Å²) in [4.78, 5) is 15.1. The second-order valence-corrected chi connectivity index (χ2v) is 10.1. The summed E-state index contributed by atoms with van der Waals surface area (Å²) in [7, 11) is 3.28. The molecule has 0 aliphatic heterocycles. The Bertz CT molecular complexity index is 872. The van der Waals surface area contributed by atoms with Crippen LogP contribution in [0.3, 0.4) is 0 Å². The number of hydrogen-bond donors (Lipinski definition) is 1. The van der Waals surface area contributed by atoms with E-state index < -0.39 is 0 Å². The zero-order valence-electron chi connectivity index (χ0n) is 21.5. The number of benzene rings is 2. The maximum absolute atomic E-state index is 13.2.